The van der Waals surface area contributed by atoms with E-state index in [9.17, 15) is 17.3 Å². The Morgan fingerprint density at radius 1 is 0.871 bits per heavy atom. The zero-order chi connectivity index (χ0) is 23.6. The van der Waals surface area contributed by atoms with Crippen LogP contribution in [0.25, 0.3) is 11.5 Å². The first-order valence-corrected chi connectivity index (χ1v) is 11.8. The van der Waals surface area contributed by atoms with Crippen LogP contribution in [0.2, 0.25) is 0 Å². The van der Waals surface area contributed by atoms with E-state index in [-0.39, 0.29) is 10.8 Å². The summed E-state index contributed by atoms with van der Waals surface area (Å²) in [5.74, 6) is 1.91. The number of aromatic nitrogens is 1. The molecule has 31 heavy (non-hydrogen) atoms. The monoisotopic (exact) mass is 457 g/mol. The number of rotatable bonds is 2. The summed E-state index contributed by atoms with van der Waals surface area (Å²) in [6.07, 6.45) is 6.70. The van der Waals surface area contributed by atoms with Gasteiger partial charge in [0.25, 0.3) is 0 Å². The van der Waals surface area contributed by atoms with Gasteiger partial charge in [0.15, 0.2) is 0 Å². The Balaban J connectivity index is 0.000000614. The first kappa shape index (κ1) is 25.7. The average Bonchev–Trinajstić information content (AvgIpc) is 2.64. The van der Waals surface area contributed by atoms with Gasteiger partial charge in [0.05, 0.1) is 12.0 Å². The van der Waals surface area contributed by atoms with Crippen molar-refractivity contribution < 1.29 is 21.7 Å². The largest absolute Gasteiger partial charge is 0.673 e. The van der Waals surface area contributed by atoms with Crippen LogP contribution >= 0.6 is 11.8 Å². The molecule has 0 bridgehead atoms. The lowest BCUT2D eigenvalue weighted by Crippen LogP contribution is -2.16. The summed E-state index contributed by atoms with van der Waals surface area (Å²) in [5, 5.41) is 1.14. The van der Waals surface area contributed by atoms with Crippen molar-refractivity contribution >= 4 is 19.0 Å². The summed E-state index contributed by atoms with van der Waals surface area (Å²) < 4.78 is 45.3. The van der Waals surface area contributed by atoms with Crippen LogP contribution in [0.1, 0.15) is 76.8 Å². The molecule has 172 valence electrons. The number of aryl methyl sites for hydroxylation is 1. The van der Waals surface area contributed by atoms with Gasteiger partial charge in [-0.1, -0.05) is 47.6 Å². The standard InChI is InChI=1S/C23H32NOS.BF4/c1-22(2,3)16-12-15(13-17(14-16)23(4,5)6)20-24-21(26-7)18-10-8-9-11-19(18)25-20;2-1(3,4)5/h12-14H,8-11H2,1-7H3;/q+1;-1. The van der Waals surface area contributed by atoms with Crippen LogP contribution in [0.3, 0.4) is 0 Å². The van der Waals surface area contributed by atoms with Gasteiger partial charge in [0.2, 0.25) is 0 Å². The van der Waals surface area contributed by atoms with Gasteiger partial charge in [-0.3, -0.25) is 0 Å². The van der Waals surface area contributed by atoms with Crippen molar-refractivity contribution in [3.8, 4) is 11.5 Å². The van der Waals surface area contributed by atoms with Crippen molar-refractivity contribution in [2.45, 2.75) is 83.1 Å². The van der Waals surface area contributed by atoms with Crippen molar-refractivity contribution in [2.24, 2.45) is 0 Å². The van der Waals surface area contributed by atoms with Gasteiger partial charge in [0, 0.05) is 0 Å². The van der Waals surface area contributed by atoms with Gasteiger partial charge in [0.1, 0.15) is 10.6 Å². The summed E-state index contributed by atoms with van der Waals surface area (Å²) in [7, 11) is -6.00. The molecule has 1 heterocycles. The average molecular weight is 457 g/mol. The highest BCUT2D eigenvalue weighted by molar-refractivity contribution is 7.98. The van der Waals surface area contributed by atoms with E-state index >= 15 is 0 Å². The molecule has 2 nitrogen and oxygen atoms in total. The Hall–Kier alpha value is -1.57. The molecule has 0 atom stereocenters. The summed E-state index contributed by atoms with van der Waals surface area (Å²) in [6, 6.07) is 6.87. The van der Waals surface area contributed by atoms with E-state index in [1.807, 2.05) is 0 Å². The van der Waals surface area contributed by atoms with Crippen molar-refractivity contribution in [3.63, 3.8) is 0 Å². The van der Waals surface area contributed by atoms with Crippen LogP contribution in [0, 0.1) is 0 Å². The van der Waals surface area contributed by atoms with Gasteiger partial charge < -0.3 is 17.3 Å². The second-order valence-corrected chi connectivity index (χ2v) is 10.7. The maximum Gasteiger partial charge on any atom is 0.673 e. The molecule has 0 fully saturated rings. The minimum atomic E-state index is -6.00. The highest BCUT2D eigenvalue weighted by Gasteiger charge is 2.30. The number of fused-ring (bicyclic) bond motifs is 1. The first-order chi connectivity index (χ1) is 14.1. The van der Waals surface area contributed by atoms with Crippen LogP contribution in [-0.2, 0) is 23.7 Å². The Kier molecular flexibility index (Phi) is 7.88. The van der Waals surface area contributed by atoms with Crippen LogP contribution in [0.5, 0.6) is 0 Å². The van der Waals surface area contributed by atoms with Gasteiger partial charge in [-0.15, -0.1) is 16.7 Å². The minimum absolute atomic E-state index is 0.0898. The number of halogens is 4. The van der Waals surface area contributed by atoms with E-state index in [4.69, 9.17) is 9.40 Å². The second kappa shape index (κ2) is 9.51. The third-order valence-corrected chi connectivity index (χ3v) is 5.93. The highest BCUT2D eigenvalue weighted by Crippen LogP contribution is 2.36. The van der Waals surface area contributed by atoms with Crippen molar-refractivity contribution in [1.29, 1.82) is 0 Å². The van der Waals surface area contributed by atoms with E-state index in [1.54, 1.807) is 11.8 Å². The zero-order valence-corrected chi connectivity index (χ0v) is 20.2. The number of benzene rings is 1. The lowest BCUT2D eigenvalue weighted by Gasteiger charge is -2.25. The number of thioether (sulfide) groups is 1. The Morgan fingerprint density at radius 3 is 1.81 bits per heavy atom. The normalized spacial score (nSPS) is 14.5. The fourth-order valence-corrected chi connectivity index (χ4v) is 4.06. The molecule has 1 aliphatic carbocycles. The maximum absolute atomic E-state index is 9.75. The summed E-state index contributed by atoms with van der Waals surface area (Å²) in [6.45, 7) is 13.6. The number of hydrogen-bond acceptors (Lipinski definition) is 2. The zero-order valence-electron chi connectivity index (χ0n) is 19.4. The van der Waals surface area contributed by atoms with Crippen LogP contribution in [0.4, 0.5) is 17.3 Å². The molecule has 1 aromatic carbocycles. The smallest absolute Gasteiger partial charge is 0.418 e. The van der Waals surface area contributed by atoms with E-state index in [2.05, 4.69) is 66.0 Å². The Labute approximate surface area is 187 Å². The molecular formula is C23H32BF4NOS. The van der Waals surface area contributed by atoms with Crippen molar-refractivity contribution in [1.82, 2.24) is 4.98 Å². The van der Waals surface area contributed by atoms with Crippen LogP contribution < -0.4 is 0 Å². The number of hydrogen-bond donors (Lipinski definition) is 0. The quantitative estimate of drug-likeness (QED) is 0.197. The van der Waals surface area contributed by atoms with Crippen LogP contribution in [0.15, 0.2) is 27.6 Å². The Morgan fingerprint density at radius 2 is 1.35 bits per heavy atom. The van der Waals surface area contributed by atoms with E-state index < -0.39 is 7.25 Å². The number of nitrogens with zero attached hydrogens (tertiary/aromatic N) is 1. The van der Waals surface area contributed by atoms with Crippen molar-refractivity contribution in [3.05, 3.63) is 40.6 Å². The van der Waals surface area contributed by atoms with Gasteiger partial charge in [-0.05, 0) is 59.6 Å². The highest BCUT2D eigenvalue weighted by atomic mass is 32.2. The second-order valence-electron chi connectivity index (χ2n) is 9.93. The molecule has 0 spiro atoms. The molecule has 8 heteroatoms. The molecule has 2 aromatic rings. The van der Waals surface area contributed by atoms with Crippen LogP contribution in [-0.4, -0.2) is 18.5 Å². The molecule has 0 N–H and O–H groups in total. The third-order valence-electron chi connectivity index (χ3n) is 5.20. The predicted molar refractivity (Wildman–Crippen MR) is 122 cm³/mol. The summed E-state index contributed by atoms with van der Waals surface area (Å²) in [5.41, 5.74) is 5.28. The Bertz CT molecular complexity index is 862. The SMILES string of the molecule is CSc1nc(-c2cc(C(C)(C)C)cc(C(C)(C)C)c2)[o+]c2c1CCCC2.F[B-](F)(F)F. The topological polar surface area (TPSA) is 24.2 Å². The summed E-state index contributed by atoms with van der Waals surface area (Å²) >= 11 is 1.74. The third kappa shape index (κ3) is 7.51. The predicted octanol–water partition coefficient (Wildman–Crippen LogP) is 8.12. The maximum atomic E-state index is 9.75. The molecule has 0 radical (unpaired) electrons. The van der Waals surface area contributed by atoms with Gasteiger partial charge in [-0.25, -0.2) is 0 Å². The fraction of sp³-hybridized carbons (Fsp3) is 0.565. The lowest BCUT2D eigenvalue weighted by molar-refractivity contribution is 0.368. The van der Waals surface area contributed by atoms with E-state index in [0.29, 0.717) is 0 Å². The van der Waals surface area contributed by atoms with Gasteiger partial charge in [-0.2, -0.15) is 4.42 Å². The molecule has 0 unspecified atom stereocenters. The van der Waals surface area contributed by atoms with E-state index in [1.165, 1.54) is 29.5 Å². The molecule has 0 saturated heterocycles. The van der Waals surface area contributed by atoms with Crippen molar-refractivity contribution in [2.75, 3.05) is 6.26 Å². The van der Waals surface area contributed by atoms with E-state index in [0.717, 1.165) is 35.1 Å². The van der Waals surface area contributed by atoms with Gasteiger partial charge >= 0.3 is 18.9 Å². The molecule has 0 aliphatic heterocycles. The molecule has 3 rings (SSSR count). The lowest BCUT2D eigenvalue weighted by atomic mass is 9.79. The summed E-state index contributed by atoms with van der Waals surface area (Å²) in [4.78, 5) is 4.92. The molecule has 1 aliphatic rings. The fourth-order valence-electron chi connectivity index (χ4n) is 3.43. The minimum Gasteiger partial charge on any atom is -0.418 e. The molecule has 0 amide bonds. The molecular weight excluding hydrogens is 425 g/mol. The molecule has 1 aromatic heterocycles. The first-order valence-electron chi connectivity index (χ1n) is 10.5. The molecule has 0 saturated carbocycles.